The minimum atomic E-state index is -1.16. The minimum Gasteiger partial charge on any atom is -0.492 e. The number of ether oxygens (including phenoxy) is 2. The maximum Gasteiger partial charge on any atom is 0.339 e. The van der Waals surface area contributed by atoms with Crippen molar-refractivity contribution in [3.63, 3.8) is 0 Å². The lowest BCUT2D eigenvalue weighted by atomic mass is 9.96. The average molecular weight is 310 g/mol. The molecule has 1 rings (SSSR count). The number of hydrogen-bond donors (Lipinski definition) is 2. The zero-order valence-electron chi connectivity index (χ0n) is 13.4. The minimum absolute atomic E-state index is 0.0398. The first-order valence-corrected chi connectivity index (χ1v) is 7.26. The summed E-state index contributed by atoms with van der Waals surface area (Å²) in [5.41, 5.74) is 0.467. The van der Waals surface area contributed by atoms with Crippen LogP contribution in [0.2, 0.25) is 0 Å². The third kappa shape index (κ3) is 3.50. The largest absolute Gasteiger partial charge is 0.492 e. The van der Waals surface area contributed by atoms with E-state index in [9.17, 15) is 19.8 Å². The maximum atomic E-state index is 11.6. The summed E-state index contributed by atoms with van der Waals surface area (Å²) >= 11 is 0. The van der Waals surface area contributed by atoms with Crippen molar-refractivity contribution >= 4 is 11.9 Å². The van der Waals surface area contributed by atoms with Crippen molar-refractivity contribution in [1.29, 1.82) is 0 Å². The number of benzene rings is 1. The molecule has 1 aromatic carbocycles. The normalized spacial score (nSPS) is 10.4. The number of carboxylic acids is 2. The lowest BCUT2D eigenvalue weighted by Gasteiger charge is -2.20. The Morgan fingerprint density at radius 1 is 0.818 bits per heavy atom. The number of hydrogen-bond acceptors (Lipinski definition) is 4. The summed E-state index contributed by atoms with van der Waals surface area (Å²) in [5, 5.41) is 18.9. The third-order valence-electron chi connectivity index (χ3n) is 3.21. The van der Waals surface area contributed by atoms with E-state index in [1.54, 1.807) is 13.8 Å². The van der Waals surface area contributed by atoms with Crippen molar-refractivity contribution in [2.45, 2.75) is 40.5 Å². The first kappa shape index (κ1) is 17.8. The van der Waals surface area contributed by atoms with Crippen LogP contribution in [0.15, 0.2) is 0 Å². The predicted octanol–water partition coefficient (Wildman–Crippen LogP) is 3.28. The topological polar surface area (TPSA) is 93.1 Å². The Balaban J connectivity index is 3.64. The van der Waals surface area contributed by atoms with Gasteiger partial charge in [0.2, 0.25) is 0 Å². The van der Waals surface area contributed by atoms with Crippen LogP contribution in [0, 0.1) is 13.8 Å². The predicted molar refractivity (Wildman–Crippen MR) is 81.4 cm³/mol. The van der Waals surface area contributed by atoms with E-state index in [1.165, 1.54) is 0 Å². The van der Waals surface area contributed by atoms with Crippen molar-refractivity contribution in [2.75, 3.05) is 13.2 Å². The van der Waals surface area contributed by atoms with Gasteiger partial charge in [0.05, 0.1) is 13.2 Å². The van der Waals surface area contributed by atoms with Crippen LogP contribution in [0.3, 0.4) is 0 Å². The Hall–Kier alpha value is -2.24. The first-order chi connectivity index (χ1) is 10.4. The van der Waals surface area contributed by atoms with Crippen LogP contribution in [0.25, 0.3) is 0 Å². The Morgan fingerprint density at radius 2 is 1.14 bits per heavy atom. The van der Waals surface area contributed by atoms with Crippen LogP contribution < -0.4 is 9.47 Å². The molecule has 0 aliphatic carbocycles. The molecule has 2 N–H and O–H groups in total. The van der Waals surface area contributed by atoms with Gasteiger partial charge in [-0.3, -0.25) is 0 Å². The van der Waals surface area contributed by atoms with E-state index in [1.807, 2.05) is 13.8 Å². The molecule has 22 heavy (non-hydrogen) atoms. The molecule has 0 saturated heterocycles. The maximum absolute atomic E-state index is 11.6. The molecule has 6 heteroatoms. The molecule has 0 atom stereocenters. The fourth-order valence-corrected chi connectivity index (χ4v) is 2.23. The van der Waals surface area contributed by atoms with Crippen LogP contribution in [0.4, 0.5) is 0 Å². The third-order valence-corrected chi connectivity index (χ3v) is 3.21. The average Bonchev–Trinajstić information content (AvgIpc) is 2.44. The van der Waals surface area contributed by atoms with E-state index < -0.39 is 11.9 Å². The second kappa shape index (κ2) is 7.68. The number of carboxylic acid groups (broad SMARTS) is 2. The highest BCUT2D eigenvalue weighted by Crippen LogP contribution is 2.38. The van der Waals surface area contributed by atoms with Gasteiger partial charge >= 0.3 is 11.9 Å². The highest BCUT2D eigenvalue weighted by molar-refractivity contribution is 6.00. The van der Waals surface area contributed by atoms with Gasteiger partial charge in [0, 0.05) is 11.1 Å². The van der Waals surface area contributed by atoms with E-state index >= 15 is 0 Å². The standard InChI is InChI=1S/C16H22O6/c1-5-7-21-13-9(3)12(16(19)20)14(22-8-6-2)10(4)11(13)15(17)18/h5-8H2,1-4H3,(H,17,18)(H,19,20). The van der Waals surface area contributed by atoms with Crippen molar-refractivity contribution in [2.24, 2.45) is 0 Å². The lowest BCUT2D eigenvalue weighted by Crippen LogP contribution is -2.15. The van der Waals surface area contributed by atoms with Gasteiger partial charge in [0.15, 0.2) is 0 Å². The fourth-order valence-electron chi connectivity index (χ4n) is 2.23. The second-order valence-corrected chi connectivity index (χ2v) is 4.97. The van der Waals surface area contributed by atoms with Gasteiger partial charge in [-0.05, 0) is 26.7 Å². The SMILES string of the molecule is CCCOc1c(C)c(C(=O)O)c(OCCC)c(C)c1C(=O)O. The van der Waals surface area contributed by atoms with Gasteiger partial charge in [-0.2, -0.15) is 0 Å². The van der Waals surface area contributed by atoms with Crippen LogP contribution in [0.1, 0.15) is 58.5 Å². The molecule has 0 heterocycles. The van der Waals surface area contributed by atoms with E-state index in [2.05, 4.69) is 0 Å². The molecule has 122 valence electrons. The fraction of sp³-hybridized carbons (Fsp3) is 0.500. The summed E-state index contributed by atoms with van der Waals surface area (Å²) in [5.74, 6) is -2.11. The molecule has 0 bridgehead atoms. The number of rotatable bonds is 8. The van der Waals surface area contributed by atoms with E-state index in [0.717, 1.165) is 0 Å². The number of aromatic carboxylic acids is 2. The summed E-state index contributed by atoms with van der Waals surface area (Å²) < 4.78 is 11.0. The van der Waals surface area contributed by atoms with Crippen LogP contribution >= 0.6 is 0 Å². The quantitative estimate of drug-likeness (QED) is 0.765. The van der Waals surface area contributed by atoms with Gasteiger partial charge in [-0.15, -0.1) is 0 Å². The summed E-state index contributed by atoms with van der Waals surface area (Å²) in [6.07, 6.45) is 1.38. The van der Waals surface area contributed by atoms with E-state index in [4.69, 9.17) is 9.47 Å². The highest BCUT2D eigenvalue weighted by Gasteiger charge is 2.28. The van der Waals surface area contributed by atoms with Crippen LogP contribution in [-0.2, 0) is 0 Å². The van der Waals surface area contributed by atoms with Gasteiger partial charge in [-0.1, -0.05) is 13.8 Å². The Kier molecular flexibility index (Phi) is 6.22. The summed E-state index contributed by atoms with van der Waals surface area (Å²) in [7, 11) is 0. The molecule has 0 radical (unpaired) electrons. The Bertz CT molecular complexity index is 525. The number of carbonyl (C=O) groups is 2. The van der Waals surface area contributed by atoms with E-state index in [-0.39, 0.29) is 33.8 Å². The van der Waals surface area contributed by atoms with Gasteiger partial charge in [0.25, 0.3) is 0 Å². The van der Waals surface area contributed by atoms with Crippen LogP contribution in [0.5, 0.6) is 11.5 Å². The van der Waals surface area contributed by atoms with Crippen molar-refractivity contribution in [3.05, 3.63) is 22.3 Å². The molecule has 0 aliphatic heterocycles. The van der Waals surface area contributed by atoms with Crippen LogP contribution in [-0.4, -0.2) is 35.4 Å². The molecule has 0 saturated carbocycles. The molecule has 0 spiro atoms. The lowest BCUT2D eigenvalue weighted by molar-refractivity contribution is 0.0670. The molecule has 0 aliphatic rings. The van der Waals surface area contributed by atoms with Gasteiger partial charge in [-0.25, -0.2) is 9.59 Å². The van der Waals surface area contributed by atoms with Crippen molar-refractivity contribution in [3.8, 4) is 11.5 Å². The molecular weight excluding hydrogens is 288 g/mol. The molecule has 0 fully saturated rings. The Morgan fingerprint density at radius 3 is 1.36 bits per heavy atom. The van der Waals surface area contributed by atoms with E-state index in [0.29, 0.717) is 26.1 Å². The monoisotopic (exact) mass is 310 g/mol. The molecule has 0 unspecified atom stereocenters. The molecular formula is C16H22O6. The van der Waals surface area contributed by atoms with Gasteiger partial charge in [0.1, 0.15) is 22.6 Å². The van der Waals surface area contributed by atoms with Crippen molar-refractivity contribution in [1.82, 2.24) is 0 Å². The summed E-state index contributed by atoms with van der Waals surface area (Å²) in [4.78, 5) is 23.2. The molecule has 6 nitrogen and oxygen atoms in total. The Labute approximate surface area is 129 Å². The van der Waals surface area contributed by atoms with Gasteiger partial charge < -0.3 is 19.7 Å². The smallest absolute Gasteiger partial charge is 0.339 e. The molecule has 1 aromatic rings. The second-order valence-electron chi connectivity index (χ2n) is 4.97. The first-order valence-electron chi connectivity index (χ1n) is 7.26. The van der Waals surface area contributed by atoms with Crippen molar-refractivity contribution < 1.29 is 29.3 Å². The highest BCUT2D eigenvalue weighted by atomic mass is 16.5. The molecule has 0 amide bonds. The summed E-state index contributed by atoms with van der Waals surface area (Å²) in [6.45, 7) is 7.49. The molecule has 0 aromatic heterocycles. The zero-order valence-corrected chi connectivity index (χ0v) is 13.4. The summed E-state index contributed by atoms with van der Waals surface area (Å²) in [6, 6.07) is 0. The zero-order chi connectivity index (χ0) is 16.9.